The molecule has 1 aliphatic heterocycles. The molecular weight excluding hydrogens is 475 g/mol. The molecule has 1 heterocycles. The highest BCUT2D eigenvalue weighted by Gasteiger charge is 2.29. The fraction of sp³-hybridized carbons (Fsp3) is 0.381. The van der Waals surface area contributed by atoms with Crippen molar-refractivity contribution in [1.82, 2.24) is 9.62 Å². The highest BCUT2D eigenvalue weighted by atomic mass is 79.9. The number of hydrogen-bond acceptors (Lipinski definition) is 4. The molecule has 1 N–H and O–H groups in total. The number of carbonyl (C=O) groups excluding carboxylic acids is 1. The highest BCUT2D eigenvalue weighted by Crippen LogP contribution is 2.27. The Morgan fingerprint density at radius 3 is 2.43 bits per heavy atom. The molecule has 0 spiro atoms. The first-order valence-electron chi connectivity index (χ1n) is 9.65. The summed E-state index contributed by atoms with van der Waals surface area (Å²) in [5.74, 6) is -0.0273. The van der Waals surface area contributed by atoms with E-state index < -0.39 is 21.9 Å². The van der Waals surface area contributed by atoms with Crippen molar-refractivity contribution < 1.29 is 22.3 Å². The molecule has 0 aromatic heterocycles. The molecular formula is C21H24BrFN2O4S. The number of likely N-dealkylation sites (tertiary alicyclic amines) is 1. The van der Waals surface area contributed by atoms with Crippen molar-refractivity contribution in [2.45, 2.75) is 43.7 Å². The number of rotatable bonds is 6. The van der Waals surface area contributed by atoms with Crippen LogP contribution in [-0.2, 0) is 14.8 Å². The molecule has 1 aliphatic rings. The molecule has 162 valence electrons. The predicted molar refractivity (Wildman–Crippen MR) is 115 cm³/mol. The number of halogens is 2. The van der Waals surface area contributed by atoms with E-state index in [1.807, 2.05) is 25.1 Å². The number of hydrogen-bond donors (Lipinski definition) is 1. The van der Waals surface area contributed by atoms with Crippen molar-refractivity contribution >= 4 is 31.9 Å². The van der Waals surface area contributed by atoms with Gasteiger partial charge in [-0.25, -0.2) is 17.5 Å². The smallest absolute Gasteiger partial charge is 0.263 e. The van der Waals surface area contributed by atoms with Gasteiger partial charge in [0, 0.05) is 19.1 Å². The molecule has 6 nitrogen and oxygen atoms in total. The SMILES string of the molecule is Cc1ccc(OC(C)C(=O)N2CCC(NS(=O)(=O)c3ccc(F)cc3)CC2)c(Br)c1. The van der Waals surface area contributed by atoms with Gasteiger partial charge in [-0.05, 0) is 84.6 Å². The quantitative estimate of drug-likeness (QED) is 0.659. The Morgan fingerprint density at radius 1 is 1.20 bits per heavy atom. The maximum atomic E-state index is 13.0. The molecule has 1 fully saturated rings. The molecule has 1 atom stereocenters. The number of sulfonamides is 1. The van der Waals surface area contributed by atoms with Gasteiger partial charge in [-0.15, -0.1) is 0 Å². The van der Waals surface area contributed by atoms with Crippen LogP contribution < -0.4 is 9.46 Å². The lowest BCUT2D eigenvalue weighted by Gasteiger charge is -2.33. The van der Waals surface area contributed by atoms with Crippen molar-refractivity contribution in [3.63, 3.8) is 0 Å². The Kier molecular flexibility index (Phi) is 7.15. The van der Waals surface area contributed by atoms with Gasteiger partial charge in [0.25, 0.3) is 5.91 Å². The van der Waals surface area contributed by atoms with Gasteiger partial charge in [-0.1, -0.05) is 6.07 Å². The van der Waals surface area contributed by atoms with Gasteiger partial charge in [-0.2, -0.15) is 0 Å². The number of nitrogens with zero attached hydrogens (tertiary/aromatic N) is 1. The molecule has 1 saturated heterocycles. The minimum absolute atomic E-state index is 0.0214. The van der Waals surface area contributed by atoms with Crippen LogP contribution >= 0.6 is 15.9 Å². The van der Waals surface area contributed by atoms with Crippen LogP contribution in [0.3, 0.4) is 0 Å². The second-order valence-corrected chi connectivity index (χ2v) is 9.94. The summed E-state index contributed by atoms with van der Waals surface area (Å²) in [7, 11) is -3.73. The number of amides is 1. The minimum atomic E-state index is -3.73. The van der Waals surface area contributed by atoms with E-state index in [0.717, 1.165) is 22.2 Å². The van der Waals surface area contributed by atoms with E-state index in [1.54, 1.807) is 11.8 Å². The second kappa shape index (κ2) is 9.45. The third-order valence-electron chi connectivity index (χ3n) is 4.99. The average Bonchev–Trinajstić information content (AvgIpc) is 2.70. The Balaban J connectivity index is 1.54. The molecule has 30 heavy (non-hydrogen) atoms. The minimum Gasteiger partial charge on any atom is -0.480 e. The topological polar surface area (TPSA) is 75.7 Å². The molecule has 0 aliphatic carbocycles. The van der Waals surface area contributed by atoms with Crippen molar-refractivity contribution in [1.29, 1.82) is 0 Å². The zero-order valence-corrected chi connectivity index (χ0v) is 19.2. The van der Waals surface area contributed by atoms with E-state index in [9.17, 15) is 17.6 Å². The Labute approximate surface area is 184 Å². The summed E-state index contributed by atoms with van der Waals surface area (Å²) in [6.07, 6.45) is 0.330. The summed E-state index contributed by atoms with van der Waals surface area (Å²) in [5.41, 5.74) is 1.08. The van der Waals surface area contributed by atoms with Crippen molar-refractivity contribution in [3.8, 4) is 5.75 Å². The highest BCUT2D eigenvalue weighted by molar-refractivity contribution is 9.10. The van der Waals surface area contributed by atoms with Crippen molar-refractivity contribution in [3.05, 3.63) is 58.3 Å². The first-order chi connectivity index (χ1) is 14.2. The van der Waals surface area contributed by atoms with E-state index in [1.165, 1.54) is 12.1 Å². The molecule has 3 rings (SSSR count). The molecule has 2 aromatic carbocycles. The normalized spacial score (nSPS) is 16.3. The first-order valence-corrected chi connectivity index (χ1v) is 11.9. The van der Waals surface area contributed by atoms with E-state index in [-0.39, 0.29) is 16.8 Å². The monoisotopic (exact) mass is 498 g/mol. The molecule has 9 heteroatoms. The fourth-order valence-electron chi connectivity index (χ4n) is 3.32. The average molecular weight is 499 g/mol. The van der Waals surface area contributed by atoms with E-state index in [0.29, 0.717) is 31.7 Å². The molecule has 0 bridgehead atoms. The van der Waals surface area contributed by atoms with Gasteiger partial charge in [0.05, 0.1) is 9.37 Å². The van der Waals surface area contributed by atoms with Crippen LogP contribution in [0.25, 0.3) is 0 Å². The summed E-state index contributed by atoms with van der Waals surface area (Å²) in [4.78, 5) is 14.4. The molecule has 1 unspecified atom stereocenters. The zero-order valence-electron chi connectivity index (χ0n) is 16.8. The van der Waals surface area contributed by atoms with E-state index in [2.05, 4.69) is 20.7 Å². The van der Waals surface area contributed by atoms with Crippen molar-refractivity contribution in [2.24, 2.45) is 0 Å². The molecule has 2 aromatic rings. The number of nitrogens with one attached hydrogen (secondary N) is 1. The lowest BCUT2D eigenvalue weighted by molar-refractivity contribution is -0.139. The van der Waals surface area contributed by atoms with Gasteiger partial charge in [0.1, 0.15) is 11.6 Å². The van der Waals surface area contributed by atoms with Crippen LogP contribution in [0.1, 0.15) is 25.3 Å². The third-order valence-corrected chi connectivity index (χ3v) is 7.15. The van der Waals surface area contributed by atoms with Crippen LogP contribution in [0.2, 0.25) is 0 Å². The van der Waals surface area contributed by atoms with E-state index in [4.69, 9.17) is 4.74 Å². The fourth-order valence-corrected chi connectivity index (χ4v) is 5.21. The van der Waals surface area contributed by atoms with Crippen LogP contribution in [0, 0.1) is 12.7 Å². The van der Waals surface area contributed by atoms with Gasteiger partial charge in [-0.3, -0.25) is 4.79 Å². The number of ether oxygens (including phenoxy) is 1. The maximum absolute atomic E-state index is 13.0. The summed E-state index contributed by atoms with van der Waals surface area (Å²) in [6.45, 7) is 4.53. The predicted octanol–water partition coefficient (Wildman–Crippen LogP) is 3.63. The number of aryl methyl sites for hydroxylation is 1. The van der Waals surface area contributed by atoms with Gasteiger partial charge in [0.15, 0.2) is 6.10 Å². The Bertz CT molecular complexity index is 1010. The number of piperidine rings is 1. The summed E-state index contributed by atoms with van der Waals surface area (Å²) < 4.78 is 47.2. The Morgan fingerprint density at radius 2 is 1.83 bits per heavy atom. The van der Waals surface area contributed by atoms with Gasteiger partial charge < -0.3 is 9.64 Å². The summed E-state index contributed by atoms with van der Waals surface area (Å²) in [5, 5.41) is 0. The zero-order chi connectivity index (χ0) is 21.9. The van der Waals surface area contributed by atoms with Gasteiger partial charge in [0.2, 0.25) is 10.0 Å². The summed E-state index contributed by atoms with van der Waals surface area (Å²) in [6, 6.07) is 10.1. The molecule has 1 amide bonds. The first kappa shape index (κ1) is 22.7. The largest absolute Gasteiger partial charge is 0.480 e. The van der Waals surface area contributed by atoms with Crippen LogP contribution in [0.5, 0.6) is 5.75 Å². The van der Waals surface area contributed by atoms with Gasteiger partial charge >= 0.3 is 0 Å². The van der Waals surface area contributed by atoms with Crippen molar-refractivity contribution in [2.75, 3.05) is 13.1 Å². The van der Waals surface area contributed by atoms with Crippen LogP contribution in [0.4, 0.5) is 4.39 Å². The van der Waals surface area contributed by atoms with E-state index >= 15 is 0 Å². The van der Waals surface area contributed by atoms with Crippen LogP contribution in [-0.4, -0.2) is 44.5 Å². The Hall–Kier alpha value is -1.97. The number of carbonyl (C=O) groups is 1. The molecule has 0 radical (unpaired) electrons. The third kappa shape index (κ3) is 5.59. The lowest BCUT2D eigenvalue weighted by Crippen LogP contribution is -2.49. The van der Waals surface area contributed by atoms with Crippen LogP contribution in [0.15, 0.2) is 51.8 Å². The molecule has 0 saturated carbocycles. The standard InChI is InChI=1S/C21H24BrFN2O4S/c1-14-3-8-20(19(22)13-14)29-15(2)21(26)25-11-9-17(10-12-25)24-30(27,28)18-6-4-16(23)5-7-18/h3-8,13,15,17,24H,9-12H2,1-2H3. The lowest BCUT2D eigenvalue weighted by atomic mass is 10.1. The number of benzene rings is 2. The maximum Gasteiger partial charge on any atom is 0.263 e. The second-order valence-electron chi connectivity index (χ2n) is 7.37. The summed E-state index contributed by atoms with van der Waals surface area (Å²) >= 11 is 3.44.